The Hall–Kier alpha value is -2.00. The fourth-order valence-corrected chi connectivity index (χ4v) is 2.61. The lowest BCUT2D eigenvalue weighted by atomic mass is 10.1. The summed E-state index contributed by atoms with van der Waals surface area (Å²) in [6, 6.07) is 15.3. The molecule has 20 heavy (non-hydrogen) atoms. The highest BCUT2D eigenvalue weighted by Crippen LogP contribution is 2.25. The number of benzene rings is 2. The van der Waals surface area contributed by atoms with E-state index in [2.05, 4.69) is 10.6 Å². The van der Waals surface area contributed by atoms with Crippen LogP contribution in [-0.4, -0.2) is 11.9 Å². The molecule has 3 rings (SSSR count). The first-order chi connectivity index (χ1) is 9.74. The molecule has 0 unspecified atom stereocenters. The standard InChI is InChI=1S/C16H15ClN2O/c17-13-7-3-1-6-12(13)10-18-16(20)15-9-11-5-2-4-8-14(11)19-15/h1-8,15,19H,9-10H2,(H,18,20)/t15-/m0/s1. The van der Waals surface area contributed by atoms with E-state index in [1.807, 2.05) is 48.5 Å². The summed E-state index contributed by atoms with van der Waals surface area (Å²) in [5.41, 5.74) is 3.16. The van der Waals surface area contributed by atoms with Crippen LogP contribution in [0.2, 0.25) is 5.02 Å². The molecular weight excluding hydrogens is 272 g/mol. The molecule has 3 nitrogen and oxygen atoms in total. The number of anilines is 1. The van der Waals surface area contributed by atoms with Gasteiger partial charge in [-0.25, -0.2) is 0 Å². The molecule has 2 aromatic rings. The van der Waals surface area contributed by atoms with Crippen LogP contribution in [0.3, 0.4) is 0 Å². The lowest BCUT2D eigenvalue weighted by Crippen LogP contribution is -2.38. The molecule has 0 saturated heterocycles. The SMILES string of the molecule is O=C(NCc1ccccc1Cl)[C@@H]1Cc2ccccc2N1. The van der Waals surface area contributed by atoms with Gasteiger partial charge in [0.1, 0.15) is 6.04 Å². The van der Waals surface area contributed by atoms with E-state index in [0.29, 0.717) is 11.6 Å². The van der Waals surface area contributed by atoms with Gasteiger partial charge in [0, 0.05) is 23.7 Å². The number of hydrogen-bond donors (Lipinski definition) is 2. The highest BCUT2D eigenvalue weighted by molar-refractivity contribution is 6.31. The molecule has 4 heteroatoms. The van der Waals surface area contributed by atoms with Crippen LogP contribution in [0.25, 0.3) is 0 Å². The molecule has 0 saturated carbocycles. The van der Waals surface area contributed by atoms with Gasteiger partial charge in [0.05, 0.1) is 0 Å². The van der Waals surface area contributed by atoms with Crippen LogP contribution in [0, 0.1) is 0 Å². The summed E-state index contributed by atoms with van der Waals surface area (Å²) in [6.07, 6.45) is 0.727. The van der Waals surface area contributed by atoms with Crippen molar-refractivity contribution in [1.29, 1.82) is 0 Å². The van der Waals surface area contributed by atoms with Crippen LogP contribution >= 0.6 is 11.6 Å². The molecule has 1 aliphatic rings. The predicted octanol–water partition coefficient (Wildman–Crippen LogP) is 2.99. The van der Waals surface area contributed by atoms with Crippen LogP contribution in [0.15, 0.2) is 48.5 Å². The second-order valence-corrected chi connectivity index (χ2v) is 5.27. The Bertz CT molecular complexity index is 617. The Balaban J connectivity index is 1.61. The fraction of sp³-hybridized carbons (Fsp3) is 0.188. The van der Waals surface area contributed by atoms with Crippen molar-refractivity contribution < 1.29 is 4.79 Å². The van der Waals surface area contributed by atoms with Gasteiger partial charge in [0.25, 0.3) is 0 Å². The van der Waals surface area contributed by atoms with Crippen LogP contribution in [0.1, 0.15) is 11.1 Å². The van der Waals surface area contributed by atoms with Gasteiger partial charge in [-0.05, 0) is 23.3 Å². The number of amides is 1. The van der Waals surface area contributed by atoms with Crippen LogP contribution in [0.4, 0.5) is 5.69 Å². The Morgan fingerprint density at radius 2 is 1.95 bits per heavy atom. The molecule has 0 aliphatic carbocycles. The monoisotopic (exact) mass is 286 g/mol. The summed E-state index contributed by atoms with van der Waals surface area (Å²) in [7, 11) is 0. The van der Waals surface area contributed by atoms with Crippen molar-refractivity contribution >= 4 is 23.2 Å². The van der Waals surface area contributed by atoms with E-state index < -0.39 is 0 Å². The third-order valence-corrected chi connectivity index (χ3v) is 3.87. The molecule has 1 aliphatic heterocycles. The number of nitrogens with one attached hydrogen (secondary N) is 2. The van der Waals surface area contributed by atoms with E-state index in [1.54, 1.807) is 0 Å². The second-order valence-electron chi connectivity index (χ2n) is 4.87. The Labute approximate surface area is 123 Å². The molecule has 1 heterocycles. The van der Waals surface area contributed by atoms with E-state index in [4.69, 9.17) is 11.6 Å². The van der Waals surface area contributed by atoms with Gasteiger partial charge in [-0.2, -0.15) is 0 Å². The summed E-state index contributed by atoms with van der Waals surface area (Å²) >= 11 is 6.07. The highest BCUT2D eigenvalue weighted by Gasteiger charge is 2.25. The minimum atomic E-state index is -0.199. The number of halogens is 1. The number of para-hydroxylation sites is 1. The maximum Gasteiger partial charge on any atom is 0.243 e. The van der Waals surface area contributed by atoms with Gasteiger partial charge < -0.3 is 10.6 Å². The fourth-order valence-electron chi connectivity index (χ4n) is 2.40. The Morgan fingerprint density at radius 1 is 1.20 bits per heavy atom. The molecular formula is C16H15ClN2O. The Kier molecular flexibility index (Phi) is 3.61. The number of carbonyl (C=O) groups is 1. The average Bonchev–Trinajstić information content (AvgIpc) is 2.90. The quantitative estimate of drug-likeness (QED) is 0.911. The zero-order valence-corrected chi connectivity index (χ0v) is 11.7. The average molecular weight is 287 g/mol. The normalized spacial score (nSPS) is 16.4. The predicted molar refractivity (Wildman–Crippen MR) is 80.9 cm³/mol. The molecule has 0 bridgehead atoms. The molecule has 2 N–H and O–H groups in total. The lowest BCUT2D eigenvalue weighted by molar-refractivity contribution is -0.121. The van der Waals surface area contributed by atoms with Gasteiger partial charge in [-0.15, -0.1) is 0 Å². The highest BCUT2D eigenvalue weighted by atomic mass is 35.5. The number of carbonyl (C=O) groups excluding carboxylic acids is 1. The lowest BCUT2D eigenvalue weighted by Gasteiger charge is -2.12. The van der Waals surface area contributed by atoms with Crippen molar-refractivity contribution in [2.75, 3.05) is 5.32 Å². The van der Waals surface area contributed by atoms with Crippen molar-refractivity contribution in [1.82, 2.24) is 5.32 Å². The topological polar surface area (TPSA) is 41.1 Å². The third-order valence-electron chi connectivity index (χ3n) is 3.50. The van der Waals surface area contributed by atoms with Crippen molar-refractivity contribution in [2.24, 2.45) is 0 Å². The summed E-state index contributed by atoms with van der Waals surface area (Å²) in [6.45, 7) is 0.451. The van der Waals surface area contributed by atoms with E-state index in [-0.39, 0.29) is 11.9 Å². The van der Waals surface area contributed by atoms with E-state index in [0.717, 1.165) is 17.7 Å². The van der Waals surface area contributed by atoms with Crippen LogP contribution in [-0.2, 0) is 17.8 Å². The van der Waals surface area contributed by atoms with Crippen LogP contribution < -0.4 is 10.6 Å². The van der Waals surface area contributed by atoms with Gasteiger partial charge in [0.2, 0.25) is 5.91 Å². The number of rotatable bonds is 3. The second kappa shape index (κ2) is 5.55. The zero-order valence-electron chi connectivity index (χ0n) is 10.9. The molecule has 1 atom stereocenters. The maximum absolute atomic E-state index is 12.2. The molecule has 0 aromatic heterocycles. The zero-order chi connectivity index (χ0) is 13.9. The van der Waals surface area contributed by atoms with Gasteiger partial charge in [-0.1, -0.05) is 48.0 Å². The molecule has 102 valence electrons. The largest absolute Gasteiger partial charge is 0.373 e. The van der Waals surface area contributed by atoms with Crippen molar-refractivity contribution in [3.8, 4) is 0 Å². The minimum absolute atomic E-state index is 0.00104. The van der Waals surface area contributed by atoms with Gasteiger partial charge in [-0.3, -0.25) is 4.79 Å². The molecule has 2 aromatic carbocycles. The number of hydrogen-bond acceptors (Lipinski definition) is 2. The summed E-state index contributed by atoms with van der Waals surface area (Å²) in [5.74, 6) is 0.00104. The van der Waals surface area contributed by atoms with Gasteiger partial charge >= 0.3 is 0 Å². The molecule has 1 amide bonds. The van der Waals surface area contributed by atoms with E-state index in [9.17, 15) is 4.79 Å². The van der Waals surface area contributed by atoms with E-state index in [1.165, 1.54) is 5.56 Å². The van der Waals surface area contributed by atoms with Crippen molar-refractivity contribution in [2.45, 2.75) is 19.0 Å². The van der Waals surface area contributed by atoms with Gasteiger partial charge in [0.15, 0.2) is 0 Å². The molecule has 0 radical (unpaired) electrons. The summed E-state index contributed by atoms with van der Waals surface area (Å²) in [4.78, 5) is 12.2. The first-order valence-corrected chi connectivity index (χ1v) is 6.97. The van der Waals surface area contributed by atoms with E-state index >= 15 is 0 Å². The maximum atomic E-state index is 12.2. The first kappa shape index (κ1) is 13.0. The van der Waals surface area contributed by atoms with Crippen molar-refractivity contribution in [3.05, 3.63) is 64.7 Å². The Morgan fingerprint density at radius 3 is 2.75 bits per heavy atom. The molecule has 0 spiro atoms. The van der Waals surface area contributed by atoms with Crippen LogP contribution in [0.5, 0.6) is 0 Å². The third kappa shape index (κ3) is 2.63. The smallest absolute Gasteiger partial charge is 0.243 e. The van der Waals surface area contributed by atoms with Crippen molar-refractivity contribution in [3.63, 3.8) is 0 Å². The first-order valence-electron chi connectivity index (χ1n) is 6.59. The number of fused-ring (bicyclic) bond motifs is 1. The summed E-state index contributed by atoms with van der Waals surface area (Å²) in [5, 5.41) is 6.85. The summed E-state index contributed by atoms with van der Waals surface area (Å²) < 4.78 is 0. The molecule has 0 fully saturated rings. The minimum Gasteiger partial charge on any atom is -0.373 e.